The zero-order valence-corrected chi connectivity index (χ0v) is 3.46. The van der Waals surface area contributed by atoms with Crippen molar-refractivity contribution in [3.63, 3.8) is 0 Å². The van der Waals surface area contributed by atoms with E-state index in [0.29, 0.717) is 0 Å². The fourth-order valence-corrected chi connectivity index (χ4v) is 0.0818. The molecule has 0 fully saturated rings. The Kier molecular flexibility index (Phi) is 3.41. The third-order valence-corrected chi connectivity index (χ3v) is 0.271. The predicted molar refractivity (Wildman–Crippen MR) is 23.3 cm³/mol. The Bertz CT molecular complexity index is 76.6. The van der Waals surface area contributed by atoms with Gasteiger partial charge in [-0.25, -0.2) is 0 Å². The summed E-state index contributed by atoms with van der Waals surface area (Å²) in [6, 6.07) is 0. The molecule has 2 heteroatoms. The van der Waals surface area contributed by atoms with Gasteiger partial charge in [-0.1, -0.05) is 0 Å². The lowest BCUT2D eigenvalue weighted by molar-refractivity contribution is 0.774. The van der Waals surface area contributed by atoms with Crippen LogP contribution in [-0.2, 0) is 0 Å². The van der Waals surface area contributed by atoms with Gasteiger partial charge in [-0.2, -0.15) is 0 Å². The summed E-state index contributed by atoms with van der Waals surface area (Å²) in [4.78, 5) is 0. The minimum absolute atomic E-state index is 1.16. The molecule has 0 rings (SSSR count). The molecule has 0 bridgehead atoms. The van der Waals surface area contributed by atoms with Crippen LogP contribution < -0.4 is 0 Å². The third-order valence-electron chi connectivity index (χ3n) is 0.127. The lowest BCUT2D eigenvalue weighted by atomic mass is 10.8. The maximum atomic E-state index is 10.6. The molecular weight excluding hydrogens is 86.0 g/mol. The van der Waals surface area contributed by atoms with Gasteiger partial charge < -0.3 is 0 Å². The first-order valence-corrected chi connectivity index (χ1v) is 1.59. The molecule has 0 aromatic rings. The van der Waals surface area contributed by atoms with E-state index in [0.717, 1.165) is 6.17 Å². The van der Waals surface area contributed by atoms with Crippen LogP contribution in [0.15, 0.2) is 0 Å². The Morgan fingerprint density at radius 3 is 2.40 bits per heavy atom. The summed E-state index contributed by atoms with van der Waals surface area (Å²) in [5, 5.41) is 0. The molecule has 5 heavy (non-hydrogen) atoms. The minimum Gasteiger partial charge on any atom is -0.144 e. The average molecular weight is 88.0 g/mol. The Hall–Kier alpha value is -0.340. The highest BCUT2D eigenvalue weighted by molar-refractivity contribution is 7.19. The SMILES string of the molecule is FC#CC=P. The van der Waals surface area contributed by atoms with Crippen molar-refractivity contribution in [3.05, 3.63) is 0 Å². The number of hydrogen-bond donors (Lipinski definition) is 0. The monoisotopic (exact) mass is 88.0 g/mol. The summed E-state index contributed by atoms with van der Waals surface area (Å²) in [6.07, 6.45) is 1.16. The van der Waals surface area contributed by atoms with Crippen LogP contribution in [0.4, 0.5) is 4.39 Å². The molecule has 0 unspecified atom stereocenters. The predicted octanol–water partition coefficient (Wildman–Crippen LogP) is 0.862. The van der Waals surface area contributed by atoms with Crippen LogP contribution in [0.5, 0.6) is 0 Å². The molecule has 0 spiro atoms. The molecule has 0 saturated heterocycles. The zero-order valence-electron chi connectivity index (χ0n) is 2.46. The van der Waals surface area contributed by atoms with Gasteiger partial charge in [-0.3, -0.25) is 0 Å². The molecule has 0 atom stereocenters. The van der Waals surface area contributed by atoms with E-state index in [9.17, 15) is 4.39 Å². The van der Waals surface area contributed by atoms with Gasteiger partial charge in [-0.15, -0.1) is 13.3 Å². The molecule has 0 aliphatic heterocycles. The summed E-state index contributed by atoms with van der Waals surface area (Å²) in [6.45, 7) is 0. The van der Waals surface area contributed by atoms with Crippen molar-refractivity contribution in [2.24, 2.45) is 0 Å². The van der Waals surface area contributed by atoms with E-state index in [-0.39, 0.29) is 0 Å². The molecule has 0 radical (unpaired) electrons. The topological polar surface area (TPSA) is 0 Å². The summed E-state index contributed by atoms with van der Waals surface area (Å²) in [5.74, 6) is 3.23. The first-order chi connectivity index (χ1) is 2.41. The van der Waals surface area contributed by atoms with Crippen LogP contribution in [-0.4, -0.2) is 5.80 Å². The number of rotatable bonds is 0. The molecule has 26 valence electrons. The third kappa shape index (κ3) is 3.66. The second-order valence-corrected chi connectivity index (χ2v) is 0.672. The van der Waals surface area contributed by atoms with E-state index in [1.165, 1.54) is 5.80 Å². The van der Waals surface area contributed by atoms with Crippen molar-refractivity contribution in [1.82, 2.24) is 0 Å². The van der Waals surface area contributed by atoms with Gasteiger partial charge in [0.2, 0.25) is 0 Å². The zero-order chi connectivity index (χ0) is 4.12. The number of hydrogen-bond acceptors (Lipinski definition) is 0. The molecule has 0 amide bonds. The van der Waals surface area contributed by atoms with E-state index in [2.05, 4.69) is 8.86 Å². The Balaban J connectivity index is 3.16. The Morgan fingerprint density at radius 1 is 1.80 bits per heavy atom. The highest BCUT2D eigenvalue weighted by Gasteiger charge is 1.41. The quantitative estimate of drug-likeness (QED) is 0.304. The molecule has 0 aliphatic rings. The van der Waals surface area contributed by atoms with Crippen LogP contribution in [0.2, 0.25) is 0 Å². The van der Waals surface area contributed by atoms with Crippen LogP contribution in [0.1, 0.15) is 0 Å². The van der Waals surface area contributed by atoms with Gasteiger partial charge in [-0.05, 0) is 5.92 Å². The minimum atomic E-state index is 1.16. The summed E-state index contributed by atoms with van der Waals surface area (Å²) in [7, 11) is 2.81. The van der Waals surface area contributed by atoms with E-state index < -0.39 is 0 Å². The fraction of sp³-hybridized carbons (Fsp3) is 0. The second-order valence-electron chi connectivity index (χ2n) is 0.383. The normalized spacial score (nSPS) is 4.20. The molecule has 0 nitrogen and oxygen atoms in total. The molecule has 0 heterocycles. The lowest BCUT2D eigenvalue weighted by Crippen LogP contribution is -1.43. The fourth-order valence-electron chi connectivity index (χ4n) is 0.0273. The van der Waals surface area contributed by atoms with E-state index in [1.807, 2.05) is 5.92 Å². The summed E-state index contributed by atoms with van der Waals surface area (Å²) in [5.41, 5.74) is 0. The molecule has 0 saturated carbocycles. The Morgan fingerprint density at radius 2 is 2.40 bits per heavy atom. The van der Waals surface area contributed by atoms with Gasteiger partial charge in [0.25, 0.3) is 0 Å². The van der Waals surface area contributed by atoms with Gasteiger partial charge in [0.15, 0.2) is 0 Å². The van der Waals surface area contributed by atoms with Crippen LogP contribution in [0.3, 0.4) is 0 Å². The molecule has 0 aliphatic carbocycles. The molecular formula is C3H2FP. The standard InChI is InChI=1S/C3H2FP/c4-2-1-3-5/h3,5H. The van der Waals surface area contributed by atoms with Gasteiger partial charge >= 0.3 is 0 Å². The highest BCUT2D eigenvalue weighted by atomic mass is 31.0. The molecule has 0 aromatic carbocycles. The van der Waals surface area contributed by atoms with E-state index >= 15 is 0 Å². The first kappa shape index (κ1) is 4.66. The second kappa shape index (κ2) is 3.66. The van der Waals surface area contributed by atoms with Gasteiger partial charge in [0.1, 0.15) is 6.17 Å². The lowest BCUT2D eigenvalue weighted by Gasteiger charge is -1.42. The smallest absolute Gasteiger partial charge is 0.110 e. The van der Waals surface area contributed by atoms with E-state index in [4.69, 9.17) is 0 Å². The maximum Gasteiger partial charge on any atom is 0.110 e. The molecule has 0 N–H and O–H groups in total. The van der Waals surface area contributed by atoms with Crippen LogP contribution in [0, 0.1) is 12.1 Å². The number of halogens is 1. The largest absolute Gasteiger partial charge is 0.144 e. The highest BCUT2D eigenvalue weighted by Crippen LogP contribution is 1.52. The van der Waals surface area contributed by atoms with Crippen molar-refractivity contribution in [2.75, 3.05) is 0 Å². The van der Waals surface area contributed by atoms with Crippen molar-refractivity contribution >= 4 is 14.7 Å². The summed E-state index contributed by atoms with van der Waals surface area (Å²) < 4.78 is 10.6. The first-order valence-electron chi connectivity index (χ1n) is 1.02. The average Bonchev–Trinajstić information content (AvgIpc) is 1.41. The van der Waals surface area contributed by atoms with Gasteiger partial charge in [0, 0.05) is 5.80 Å². The van der Waals surface area contributed by atoms with Crippen molar-refractivity contribution in [2.45, 2.75) is 0 Å². The van der Waals surface area contributed by atoms with Crippen molar-refractivity contribution in [1.29, 1.82) is 0 Å². The maximum absolute atomic E-state index is 10.6. The van der Waals surface area contributed by atoms with Crippen LogP contribution >= 0.6 is 8.86 Å². The van der Waals surface area contributed by atoms with Crippen molar-refractivity contribution in [3.8, 4) is 12.1 Å². The molecule has 0 aromatic heterocycles. The van der Waals surface area contributed by atoms with Gasteiger partial charge in [0.05, 0.1) is 0 Å². The Labute approximate surface area is 32.2 Å². The van der Waals surface area contributed by atoms with Crippen LogP contribution in [0.25, 0.3) is 0 Å². The summed E-state index contributed by atoms with van der Waals surface area (Å²) >= 11 is 0. The van der Waals surface area contributed by atoms with Crippen molar-refractivity contribution < 1.29 is 4.39 Å². The van der Waals surface area contributed by atoms with E-state index in [1.54, 1.807) is 0 Å².